The monoisotopic (exact) mass is 332 g/mol. The predicted molar refractivity (Wildman–Crippen MR) is 77.0 cm³/mol. The Hall–Kier alpha value is 1.51. The molecule has 4 nitrogen and oxygen atoms in total. The van der Waals surface area contributed by atoms with Crippen LogP contribution in [0.3, 0.4) is 0 Å². The zero-order valence-corrected chi connectivity index (χ0v) is 17.2. The van der Waals surface area contributed by atoms with E-state index in [9.17, 15) is 18.1 Å². The van der Waals surface area contributed by atoms with Crippen LogP contribution < -0.4 is 51.4 Å². The van der Waals surface area contributed by atoms with E-state index in [1.165, 1.54) is 0 Å². The maximum atomic E-state index is 10.9. The van der Waals surface area contributed by atoms with Gasteiger partial charge >= 0.3 is 51.4 Å². The fourth-order valence-corrected chi connectivity index (χ4v) is 3.08. The van der Waals surface area contributed by atoms with E-state index in [4.69, 9.17) is 0 Å². The fourth-order valence-electron chi connectivity index (χ4n) is 2.22. The molecule has 0 aliphatic carbocycles. The van der Waals surface area contributed by atoms with E-state index in [-0.39, 0.29) is 57.5 Å². The molecule has 0 spiro atoms. The van der Waals surface area contributed by atoms with E-state index >= 15 is 0 Å². The van der Waals surface area contributed by atoms with E-state index in [1.807, 2.05) is 6.92 Å². The van der Waals surface area contributed by atoms with E-state index in [0.29, 0.717) is 12.8 Å². The Kier molecular flexibility index (Phi) is 16.8. The normalized spacial score (nSPS) is 14.6. The number of unbranched alkanes of at least 4 members (excludes halogenated alkanes) is 5. The SMILES string of the molecule is CCC(O)CCCCCCCCC(CC)S(=O)(=O)[O-].[K+]. The van der Waals surface area contributed by atoms with Crippen LogP contribution in [0.25, 0.3) is 0 Å². The van der Waals surface area contributed by atoms with Gasteiger partial charge in [0.1, 0.15) is 0 Å². The fraction of sp³-hybridized carbons (Fsp3) is 1.00. The molecule has 0 aromatic rings. The summed E-state index contributed by atoms with van der Waals surface area (Å²) in [4.78, 5) is 0. The Morgan fingerprint density at radius 2 is 1.35 bits per heavy atom. The molecule has 0 heterocycles. The molecule has 0 rings (SSSR count). The van der Waals surface area contributed by atoms with Gasteiger partial charge in [-0.05, 0) is 25.7 Å². The smallest absolute Gasteiger partial charge is 0.748 e. The molecule has 0 amide bonds. The van der Waals surface area contributed by atoms with Crippen LogP contribution in [0, 0.1) is 0 Å². The Bertz CT molecular complexity index is 306. The summed E-state index contributed by atoms with van der Waals surface area (Å²) in [6, 6.07) is 0. The van der Waals surface area contributed by atoms with Gasteiger partial charge in [0.05, 0.1) is 16.2 Å². The van der Waals surface area contributed by atoms with E-state index in [2.05, 4.69) is 0 Å². The Balaban J connectivity index is 0. The summed E-state index contributed by atoms with van der Waals surface area (Å²) in [5.41, 5.74) is 0. The maximum Gasteiger partial charge on any atom is 1.00 e. The molecule has 0 saturated heterocycles. The molecule has 2 atom stereocenters. The van der Waals surface area contributed by atoms with Crippen LogP contribution in [0.1, 0.15) is 78.1 Å². The summed E-state index contributed by atoms with van der Waals surface area (Å²) in [5, 5.41) is 8.67. The molecule has 0 aliphatic heterocycles. The van der Waals surface area contributed by atoms with Crippen LogP contribution in [0.15, 0.2) is 0 Å². The average molecular weight is 333 g/mol. The summed E-state index contributed by atoms with van der Waals surface area (Å²) in [7, 11) is -4.11. The molecule has 6 heteroatoms. The number of aliphatic hydroxyl groups is 1. The third-order valence-corrected chi connectivity index (χ3v) is 5.03. The molecule has 1 N–H and O–H groups in total. The first-order valence-corrected chi connectivity index (χ1v) is 9.01. The van der Waals surface area contributed by atoms with E-state index < -0.39 is 15.4 Å². The second kappa shape index (κ2) is 14.1. The van der Waals surface area contributed by atoms with Crippen molar-refractivity contribution in [3.63, 3.8) is 0 Å². The van der Waals surface area contributed by atoms with Gasteiger partial charge in [0, 0.05) is 5.25 Å². The van der Waals surface area contributed by atoms with Crippen molar-refractivity contribution >= 4 is 10.1 Å². The van der Waals surface area contributed by atoms with Crippen molar-refractivity contribution in [1.29, 1.82) is 0 Å². The minimum atomic E-state index is -4.11. The quantitative estimate of drug-likeness (QED) is 0.315. The van der Waals surface area contributed by atoms with Crippen molar-refractivity contribution in [2.24, 2.45) is 0 Å². The number of hydrogen-bond donors (Lipinski definition) is 1. The van der Waals surface area contributed by atoms with Gasteiger partial charge in [-0.3, -0.25) is 0 Å². The van der Waals surface area contributed by atoms with E-state index in [0.717, 1.165) is 51.4 Å². The molecule has 0 saturated carbocycles. The minimum absolute atomic E-state index is 0. The second-order valence-electron chi connectivity index (χ2n) is 5.28. The standard InChI is InChI=1S/C14H30O4S.K/c1-3-13(15)11-9-7-5-6-8-10-12-14(4-2)19(16,17)18;/h13-15H,3-12H2,1-2H3,(H,16,17,18);/q;+1/p-1. The van der Waals surface area contributed by atoms with Gasteiger partial charge in [-0.25, -0.2) is 8.42 Å². The van der Waals surface area contributed by atoms with Gasteiger partial charge in [-0.2, -0.15) is 0 Å². The van der Waals surface area contributed by atoms with E-state index in [1.54, 1.807) is 6.92 Å². The molecule has 0 aromatic carbocycles. The number of hydrogen-bond acceptors (Lipinski definition) is 4. The Morgan fingerprint density at radius 1 is 0.900 bits per heavy atom. The average Bonchev–Trinajstić information content (AvgIpc) is 2.35. The van der Waals surface area contributed by atoms with Crippen LogP contribution in [0.5, 0.6) is 0 Å². The van der Waals surface area contributed by atoms with Crippen molar-refractivity contribution < 1.29 is 69.5 Å². The largest absolute Gasteiger partial charge is 1.00 e. The van der Waals surface area contributed by atoms with Gasteiger partial charge in [0.2, 0.25) is 0 Å². The Labute approximate surface area is 167 Å². The molecule has 0 aromatic heterocycles. The van der Waals surface area contributed by atoms with Gasteiger partial charge in [-0.1, -0.05) is 52.4 Å². The van der Waals surface area contributed by atoms with Crippen molar-refractivity contribution in [1.82, 2.24) is 0 Å². The topological polar surface area (TPSA) is 77.4 Å². The summed E-state index contributed by atoms with van der Waals surface area (Å²) in [6.45, 7) is 3.73. The maximum absolute atomic E-state index is 10.9. The summed E-state index contributed by atoms with van der Waals surface area (Å²) in [6.07, 6.45) is 8.64. The zero-order chi connectivity index (χ0) is 14.7. The molecule has 2 unspecified atom stereocenters. The van der Waals surface area contributed by atoms with Gasteiger partial charge < -0.3 is 9.66 Å². The molecule has 0 aliphatic rings. The second-order valence-corrected chi connectivity index (χ2v) is 6.94. The van der Waals surface area contributed by atoms with Gasteiger partial charge in [0.15, 0.2) is 0 Å². The van der Waals surface area contributed by atoms with Crippen molar-refractivity contribution in [3.05, 3.63) is 0 Å². The molecular formula is C14H29KO4S. The van der Waals surface area contributed by atoms with Crippen LogP contribution in [0.4, 0.5) is 0 Å². The van der Waals surface area contributed by atoms with Crippen LogP contribution in [-0.4, -0.2) is 29.4 Å². The van der Waals surface area contributed by atoms with Crippen LogP contribution in [-0.2, 0) is 10.1 Å². The molecule has 20 heavy (non-hydrogen) atoms. The van der Waals surface area contributed by atoms with Gasteiger partial charge in [-0.15, -0.1) is 0 Å². The summed E-state index contributed by atoms with van der Waals surface area (Å²) in [5.74, 6) is 0. The zero-order valence-electron chi connectivity index (χ0n) is 13.3. The Morgan fingerprint density at radius 3 is 1.75 bits per heavy atom. The molecule has 0 fully saturated rings. The summed E-state index contributed by atoms with van der Waals surface area (Å²) >= 11 is 0. The molecule has 116 valence electrons. The van der Waals surface area contributed by atoms with Crippen molar-refractivity contribution in [2.75, 3.05) is 0 Å². The molecule has 0 radical (unpaired) electrons. The minimum Gasteiger partial charge on any atom is -0.748 e. The van der Waals surface area contributed by atoms with Crippen LogP contribution >= 0.6 is 0 Å². The first kappa shape index (κ1) is 23.8. The first-order valence-electron chi connectivity index (χ1n) is 7.54. The van der Waals surface area contributed by atoms with Crippen molar-refractivity contribution in [2.45, 2.75) is 89.4 Å². The number of aliphatic hydroxyl groups excluding tert-OH is 1. The number of rotatable bonds is 12. The molecule has 0 bridgehead atoms. The summed E-state index contributed by atoms with van der Waals surface area (Å²) < 4.78 is 32.6. The molecular weight excluding hydrogens is 303 g/mol. The van der Waals surface area contributed by atoms with Gasteiger partial charge in [0.25, 0.3) is 0 Å². The van der Waals surface area contributed by atoms with Crippen molar-refractivity contribution in [3.8, 4) is 0 Å². The third kappa shape index (κ3) is 13.2. The first-order chi connectivity index (χ1) is 8.91. The predicted octanol–water partition coefficient (Wildman–Crippen LogP) is 0.206. The van der Waals surface area contributed by atoms with Crippen LogP contribution in [0.2, 0.25) is 0 Å². The third-order valence-electron chi connectivity index (χ3n) is 3.65.